The Morgan fingerprint density at radius 2 is 1.89 bits per heavy atom. The van der Waals surface area contributed by atoms with E-state index >= 15 is 0 Å². The molecular formula is C28H31N3O3S. The van der Waals surface area contributed by atoms with Gasteiger partial charge in [-0.3, -0.25) is 4.79 Å². The predicted molar refractivity (Wildman–Crippen MR) is 141 cm³/mol. The van der Waals surface area contributed by atoms with Gasteiger partial charge in [0.05, 0.1) is 30.3 Å². The van der Waals surface area contributed by atoms with Gasteiger partial charge in [0.25, 0.3) is 0 Å². The van der Waals surface area contributed by atoms with Crippen molar-refractivity contribution in [2.45, 2.75) is 46.6 Å². The van der Waals surface area contributed by atoms with Gasteiger partial charge in [0, 0.05) is 12.2 Å². The number of hydrogen-bond acceptors (Lipinski definition) is 6. The molecule has 35 heavy (non-hydrogen) atoms. The number of ether oxygens (including phenoxy) is 1. The maximum atomic E-state index is 13.1. The molecule has 1 amide bonds. The molecule has 0 fully saturated rings. The van der Waals surface area contributed by atoms with E-state index in [2.05, 4.69) is 49.5 Å². The molecule has 2 aromatic carbocycles. The fourth-order valence-corrected chi connectivity index (χ4v) is 5.45. The Morgan fingerprint density at radius 1 is 1.11 bits per heavy atom. The van der Waals surface area contributed by atoms with Crippen LogP contribution >= 0.6 is 11.8 Å². The molecule has 0 aromatic heterocycles. The molecule has 0 spiro atoms. The minimum atomic E-state index is -0.402. The fraction of sp³-hybridized carbons (Fsp3) is 0.321. The zero-order valence-electron chi connectivity index (χ0n) is 20.6. The van der Waals surface area contributed by atoms with E-state index in [1.807, 2.05) is 35.4 Å². The summed E-state index contributed by atoms with van der Waals surface area (Å²) >= 11 is 1.48. The lowest BCUT2D eigenvalue weighted by molar-refractivity contribution is -0.139. The lowest BCUT2D eigenvalue weighted by atomic mass is 9.90. The van der Waals surface area contributed by atoms with Crippen LogP contribution in [0.1, 0.15) is 48.6 Å². The number of nitrogens with one attached hydrogen (secondary N) is 1. The van der Waals surface area contributed by atoms with Gasteiger partial charge in [-0.15, -0.1) is 0 Å². The normalized spacial score (nSPS) is 17.0. The largest absolute Gasteiger partial charge is 0.463 e. The molecule has 0 saturated carbocycles. The maximum Gasteiger partial charge on any atom is 0.338 e. The third kappa shape index (κ3) is 5.51. The molecular weight excluding hydrogens is 458 g/mol. The predicted octanol–water partition coefficient (Wildman–Crippen LogP) is 5.19. The molecule has 2 heterocycles. The lowest BCUT2D eigenvalue weighted by Gasteiger charge is -2.37. The van der Waals surface area contributed by atoms with Gasteiger partial charge >= 0.3 is 5.97 Å². The summed E-state index contributed by atoms with van der Waals surface area (Å²) in [5.41, 5.74) is 6.40. The highest BCUT2D eigenvalue weighted by Crippen LogP contribution is 2.45. The van der Waals surface area contributed by atoms with Crippen molar-refractivity contribution in [1.29, 1.82) is 0 Å². The van der Waals surface area contributed by atoms with Gasteiger partial charge in [0.1, 0.15) is 0 Å². The van der Waals surface area contributed by atoms with Crippen LogP contribution in [0.3, 0.4) is 0 Å². The second-order valence-corrected chi connectivity index (χ2v) is 9.57. The summed E-state index contributed by atoms with van der Waals surface area (Å²) in [5, 5.41) is 5.77. The molecule has 0 radical (unpaired) electrons. The Hall–Kier alpha value is -3.32. The zero-order valence-corrected chi connectivity index (χ0v) is 21.4. The first-order valence-corrected chi connectivity index (χ1v) is 12.8. The van der Waals surface area contributed by atoms with E-state index in [9.17, 15) is 9.59 Å². The average molecular weight is 490 g/mol. The minimum absolute atomic E-state index is 0.0580. The zero-order chi connectivity index (χ0) is 24.9. The van der Waals surface area contributed by atoms with E-state index in [0.717, 1.165) is 34.0 Å². The number of carbonyl (C=O) groups is 2. The van der Waals surface area contributed by atoms with Crippen molar-refractivity contribution in [2.75, 3.05) is 13.2 Å². The number of carbonyl (C=O) groups excluding carboxylic acids is 2. The summed E-state index contributed by atoms with van der Waals surface area (Å²) in [7, 11) is 0. The van der Waals surface area contributed by atoms with Crippen molar-refractivity contribution in [1.82, 2.24) is 10.2 Å². The molecule has 7 heteroatoms. The Morgan fingerprint density at radius 3 is 2.60 bits per heavy atom. The van der Waals surface area contributed by atoms with E-state index in [1.165, 1.54) is 17.3 Å². The van der Waals surface area contributed by atoms with Gasteiger partial charge in [-0.2, -0.15) is 0 Å². The molecule has 2 aliphatic rings. The van der Waals surface area contributed by atoms with E-state index in [4.69, 9.17) is 9.73 Å². The number of rotatable bonds is 8. The topological polar surface area (TPSA) is 71.0 Å². The van der Waals surface area contributed by atoms with Crippen molar-refractivity contribution in [3.8, 4) is 0 Å². The summed E-state index contributed by atoms with van der Waals surface area (Å²) in [4.78, 5) is 32.7. The molecule has 6 nitrogen and oxygen atoms in total. The molecule has 1 N–H and O–H groups in total. The Labute approximate surface area is 211 Å². The van der Waals surface area contributed by atoms with Crippen molar-refractivity contribution < 1.29 is 14.3 Å². The molecule has 1 unspecified atom stereocenters. The number of allylic oxidation sites excluding steroid dienone is 1. The highest BCUT2D eigenvalue weighted by atomic mass is 32.2. The van der Waals surface area contributed by atoms with Gasteiger partial charge < -0.3 is 15.0 Å². The third-order valence-corrected chi connectivity index (χ3v) is 7.02. The molecule has 4 rings (SSSR count). The number of thioether (sulfide) groups is 1. The highest BCUT2D eigenvalue weighted by molar-refractivity contribution is 8.16. The number of fused-ring (bicyclic) bond motifs is 1. The summed E-state index contributed by atoms with van der Waals surface area (Å²) < 4.78 is 5.43. The van der Waals surface area contributed by atoms with E-state index < -0.39 is 6.04 Å². The summed E-state index contributed by atoms with van der Waals surface area (Å²) in [5.74, 6) is -0.432. The highest BCUT2D eigenvalue weighted by Gasteiger charge is 2.41. The SMILES string of the molecule is CCOC(=O)C1=C(C)N=C2SC=C(CC(=O)NCCc3ccccc3)N2C1c1ccc(C)cc1C. The van der Waals surface area contributed by atoms with Crippen LogP contribution in [0.25, 0.3) is 0 Å². The third-order valence-electron chi connectivity index (χ3n) is 6.14. The Bertz CT molecular complexity index is 1220. The standard InChI is InChI=1S/C28H31N3O3S/c1-5-34-27(33)25-20(4)30-28-31(26(25)23-12-11-18(2)15-19(23)3)22(17-35-28)16-24(32)29-14-13-21-9-7-6-8-10-21/h6-12,15,17,26H,5,13-14,16H2,1-4H3,(H,29,32). The van der Waals surface area contributed by atoms with Crippen LogP contribution < -0.4 is 5.32 Å². The first-order valence-electron chi connectivity index (χ1n) is 11.9. The van der Waals surface area contributed by atoms with Crippen molar-refractivity contribution in [2.24, 2.45) is 4.99 Å². The van der Waals surface area contributed by atoms with Crippen LogP contribution in [0.15, 0.2) is 75.9 Å². The second-order valence-electron chi connectivity index (χ2n) is 8.74. The van der Waals surface area contributed by atoms with E-state index in [0.29, 0.717) is 17.8 Å². The molecule has 0 saturated heterocycles. The smallest absolute Gasteiger partial charge is 0.338 e. The van der Waals surface area contributed by atoms with Gasteiger partial charge in [0.2, 0.25) is 5.91 Å². The number of nitrogens with zero attached hydrogens (tertiary/aromatic N) is 2. The number of amides is 1. The van der Waals surface area contributed by atoms with Crippen molar-refractivity contribution in [3.05, 3.63) is 93.2 Å². The van der Waals surface area contributed by atoms with Crippen LogP contribution in [0.5, 0.6) is 0 Å². The molecule has 182 valence electrons. The van der Waals surface area contributed by atoms with Gasteiger partial charge in [-0.1, -0.05) is 65.9 Å². The van der Waals surface area contributed by atoms with Crippen molar-refractivity contribution in [3.63, 3.8) is 0 Å². The second kappa shape index (κ2) is 11.0. The summed E-state index contributed by atoms with van der Waals surface area (Å²) in [6, 6.07) is 15.9. The quantitative estimate of drug-likeness (QED) is 0.517. The van der Waals surface area contributed by atoms with Crippen LogP contribution in [0.4, 0.5) is 0 Å². The van der Waals surface area contributed by atoms with Crippen LogP contribution in [0.2, 0.25) is 0 Å². The first-order chi connectivity index (χ1) is 16.9. The number of esters is 1. The molecule has 2 aromatic rings. The summed E-state index contributed by atoms with van der Waals surface area (Å²) in [6.45, 7) is 8.60. The Kier molecular flexibility index (Phi) is 7.76. The van der Waals surface area contributed by atoms with Crippen LogP contribution in [0, 0.1) is 13.8 Å². The number of benzene rings is 2. The average Bonchev–Trinajstić information content (AvgIpc) is 3.21. The molecule has 0 aliphatic carbocycles. The molecule has 0 bridgehead atoms. The monoisotopic (exact) mass is 489 g/mol. The lowest BCUT2D eigenvalue weighted by Crippen LogP contribution is -2.38. The van der Waals surface area contributed by atoms with Gasteiger partial charge in [-0.25, -0.2) is 9.79 Å². The Balaban J connectivity index is 1.58. The number of amidine groups is 1. The van der Waals surface area contributed by atoms with Crippen molar-refractivity contribution >= 4 is 28.8 Å². The minimum Gasteiger partial charge on any atom is -0.463 e. The van der Waals surface area contributed by atoms with E-state index in [1.54, 1.807) is 6.92 Å². The number of aliphatic imine (C=N–C) groups is 1. The van der Waals surface area contributed by atoms with Crippen LogP contribution in [-0.4, -0.2) is 35.1 Å². The first kappa shape index (κ1) is 24.8. The summed E-state index contributed by atoms with van der Waals surface area (Å²) in [6.07, 6.45) is 0.980. The van der Waals surface area contributed by atoms with E-state index in [-0.39, 0.29) is 24.9 Å². The van der Waals surface area contributed by atoms with Gasteiger partial charge in [-0.05, 0) is 56.2 Å². The maximum absolute atomic E-state index is 13.1. The van der Waals surface area contributed by atoms with Crippen LogP contribution in [-0.2, 0) is 20.7 Å². The van der Waals surface area contributed by atoms with Gasteiger partial charge in [0.15, 0.2) is 5.17 Å². The number of hydrogen-bond donors (Lipinski definition) is 1. The molecule has 2 aliphatic heterocycles. The molecule has 1 atom stereocenters. The number of aryl methyl sites for hydroxylation is 2. The fourth-order valence-electron chi connectivity index (χ4n) is 4.48.